The first kappa shape index (κ1) is 8.02. The summed E-state index contributed by atoms with van der Waals surface area (Å²) in [5.74, 6) is 0.504. The van der Waals surface area contributed by atoms with Crippen molar-refractivity contribution in [2.45, 2.75) is 38.3 Å². The van der Waals surface area contributed by atoms with E-state index in [1.807, 2.05) is 7.05 Å². The molecule has 2 nitrogen and oxygen atoms in total. The Morgan fingerprint density at radius 3 is 2.60 bits per heavy atom. The molecular formula is C8H17NO. The molecule has 0 heterocycles. The zero-order chi connectivity index (χ0) is 7.56. The average molecular weight is 143 g/mol. The van der Waals surface area contributed by atoms with Gasteiger partial charge < -0.3 is 10.4 Å². The molecule has 0 spiro atoms. The van der Waals surface area contributed by atoms with Crippen molar-refractivity contribution in [3.8, 4) is 0 Å². The predicted molar refractivity (Wildman–Crippen MR) is 41.9 cm³/mol. The van der Waals surface area contributed by atoms with Gasteiger partial charge in [0.2, 0.25) is 0 Å². The molecule has 1 aliphatic rings. The largest absolute Gasteiger partial charge is 0.393 e. The molecule has 1 fully saturated rings. The normalized spacial score (nSPS) is 41.7. The van der Waals surface area contributed by atoms with Gasteiger partial charge in [-0.15, -0.1) is 0 Å². The Balaban J connectivity index is 2.33. The topological polar surface area (TPSA) is 32.3 Å². The van der Waals surface area contributed by atoms with Gasteiger partial charge in [-0.2, -0.15) is 0 Å². The first-order chi connectivity index (χ1) is 4.74. The zero-order valence-corrected chi connectivity index (χ0v) is 6.80. The van der Waals surface area contributed by atoms with Gasteiger partial charge in [-0.3, -0.25) is 0 Å². The average Bonchev–Trinajstić information content (AvgIpc) is 1.95. The van der Waals surface area contributed by atoms with Crippen molar-refractivity contribution in [1.82, 2.24) is 5.32 Å². The van der Waals surface area contributed by atoms with E-state index in [1.54, 1.807) is 0 Å². The second kappa shape index (κ2) is 3.35. The molecule has 0 aromatic rings. The molecule has 0 aromatic heterocycles. The maximum absolute atomic E-state index is 9.44. The van der Waals surface area contributed by atoms with Crippen molar-refractivity contribution in [1.29, 1.82) is 0 Å². The fraction of sp³-hybridized carbons (Fsp3) is 1.00. The third-order valence-electron chi connectivity index (χ3n) is 2.56. The summed E-state index contributed by atoms with van der Waals surface area (Å²) >= 11 is 0. The van der Waals surface area contributed by atoms with Crippen molar-refractivity contribution in [2.75, 3.05) is 7.05 Å². The van der Waals surface area contributed by atoms with Crippen LogP contribution in [0, 0.1) is 5.92 Å². The Labute approximate surface area is 62.6 Å². The van der Waals surface area contributed by atoms with Crippen LogP contribution in [0.1, 0.15) is 26.2 Å². The summed E-state index contributed by atoms with van der Waals surface area (Å²) in [6, 6.07) is 0.547. The molecule has 2 heteroatoms. The quantitative estimate of drug-likeness (QED) is 0.568. The molecule has 0 amide bonds. The van der Waals surface area contributed by atoms with Gasteiger partial charge in [0.1, 0.15) is 0 Å². The maximum Gasteiger partial charge on any atom is 0.0580 e. The molecule has 0 aliphatic heterocycles. The minimum Gasteiger partial charge on any atom is -0.393 e. The summed E-state index contributed by atoms with van der Waals surface area (Å²) in [5, 5.41) is 12.6. The fourth-order valence-electron chi connectivity index (χ4n) is 1.56. The van der Waals surface area contributed by atoms with Gasteiger partial charge >= 0.3 is 0 Å². The molecule has 1 saturated carbocycles. The minimum atomic E-state index is -0.0776. The molecule has 0 saturated heterocycles. The van der Waals surface area contributed by atoms with Gasteiger partial charge in [0.05, 0.1) is 6.10 Å². The van der Waals surface area contributed by atoms with E-state index < -0.39 is 0 Å². The van der Waals surface area contributed by atoms with Crippen molar-refractivity contribution in [2.24, 2.45) is 5.92 Å². The first-order valence-electron chi connectivity index (χ1n) is 4.09. The van der Waals surface area contributed by atoms with Crippen molar-refractivity contribution in [3.05, 3.63) is 0 Å². The number of nitrogens with one attached hydrogen (secondary N) is 1. The predicted octanol–water partition coefficient (Wildman–Crippen LogP) is 0.755. The van der Waals surface area contributed by atoms with E-state index >= 15 is 0 Å². The van der Waals surface area contributed by atoms with E-state index in [0.29, 0.717) is 12.0 Å². The molecule has 2 N–H and O–H groups in total. The van der Waals surface area contributed by atoms with Crippen LogP contribution in [0.3, 0.4) is 0 Å². The van der Waals surface area contributed by atoms with Gasteiger partial charge in [-0.05, 0) is 32.2 Å². The Kier molecular flexibility index (Phi) is 2.69. The highest BCUT2D eigenvalue weighted by atomic mass is 16.3. The number of hydrogen-bond acceptors (Lipinski definition) is 2. The van der Waals surface area contributed by atoms with Crippen LogP contribution in [0.4, 0.5) is 0 Å². The van der Waals surface area contributed by atoms with Gasteiger partial charge in [0.25, 0.3) is 0 Å². The lowest BCUT2D eigenvalue weighted by atomic mass is 9.85. The molecular weight excluding hydrogens is 126 g/mol. The standard InChI is InChI=1S/C8H17NO/c1-6-3-4-7(9-2)5-8(6)10/h6-10H,3-5H2,1-2H3/t6?,7-,8?/m1/s1. The van der Waals surface area contributed by atoms with Crippen LogP contribution in [0.2, 0.25) is 0 Å². The smallest absolute Gasteiger partial charge is 0.0580 e. The SMILES string of the molecule is CN[C@@H]1CCC(C)C(O)C1. The van der Waals surface area contributed by atoms with E-state index in [2.05, 4.69) is 12.2 Å². The summed E-state index contributed by atoms with van der Waals surface area (Å²) in [5.41, 5.74) is 0. The first-order valence-corrected chi connectivity index (χ1v) is 4.09. The lowest BCUT2D eigenvalue weighted by Crippen LogP contribution is -2.37. The summed E-state index contributed by atoms with van der Waals surface area (Å²) in [6.07, 6.45) is 3.23. The molecule has 0 bridgehead atoms. The zero-order valence-electron chi connectivity index (χ0n) is 6.80. The van der Waals surface area contributed by atoms with Crippen LogP contribution in [0.25, 0.3) is 0 Å². The van der Waals surface area contributed by atoms with E-state index in [1.165, 1.54) is 6.42 Å². The fourth-order valence-corrected chi connectivity index (χ4v) is 1.56. The highest BCUT2D eigenvalue weighted by molar-refractivity contribution is 4.80. The second-order valence-electron chi connectivity index (χ2n) is 3.34. The van der Waals surface area contributed by atoms with Crippen LogP contribution < -0.4 is 5.32 Å². The number of rotatable bonds is 1. The lowest BCUT2D eigenvalue weighted by molar-refractivity contribution is 0.0651. The summed E-state index contributed by atoms with van der Waals surface area (Å²) in [4.78, 5) is 0. The van der Waals surface area contributed by atoms with Crippen LogP contribution in [-0.2, 0) is 0 Å². The third kappa shape index (κ3) is 1.70. The van der Waals surface area contributed by atoms with E-state index in [-0.39, 0.29) is 6.10 Å². The highest BCUT2D eigenvalue weighted by Crippen LogP contribution is 2.23. The lowest BCUT2D eigenvalue weighted by Gasteiger charge is -2.30. The molecule has 2 unspecified atom stereocenters. The van der Waals surface area contributed by atoms with Gasteiger partial charge in [0.15, 0.2) is 0 Å². The molecule has 60 valence electrons. The Bertz CT molecular complexity index is 105. The monoisotopic (exact) mass is 143 g/mol. The Hall–Kier alpha value is -0.0800. The molecule has 0 radical (unpaired) electrons. The maximum atomic E-state index is 9.44. The number of aliphatic hydroxyl groups is 1. The number of aliphatic hydroxyl groups excluding tert-OH is 1. The van der Waals surface area contributed by atoms with Crippen LogP contribution in [0.15, 0.2) is 0 Å². The number of hydrogen-bond donors (Lipinski definition) is 2. The molecule has 3 atom stereocenters. The van der Waals surface area contributed by atoms with Crippen LogP contribution in [-0.4, -0.2) is 24.3 Å². The minimum absolute atomic E-state index is 0.0776. The van der Waals surface area contributed by atoms with Crippen molar-refractivity contribution in [3.63, 3.8) is 0 Å². The van der Waals surface area contributed by atoms with Gasteiger partial charge in [-0.25, -0.2) is 0 Å². The summed E-state index contributed by atoms with van der Waals surface area (Å²) < 4.78 is 0. The Morgan fingerprint density at radius 2 is 2.10 bits per heavy atom. The van der Waals surface area contributed by atoms with Gasteiger partial charge in [-0.1, -0.05) is 6.92 Å². The third-order valence-corrected chi connectivity index (χ3v) is 2.56. The Morgan fingerprint density at radius 1 is 1.40 bits per heavy atom. The van der Waals surface area contributed by atoms with Crippen molar-refractivity contribution < 1.29 is 5.11 Å². The summed E-state index contributed by atoms with van der Waals surface area (Å²) in [7, 11) is 1.97. The highest BCUT2D eigenvalue weighted by Gasteiger charge is 2.24. The van der Waals surface area contributed by atoms with E-state index in [4.69, 9.17) is 0 Å². The van der Waals surface area contributed by atoms with Gasteiger partial charge in [0, 0.05) is 6.04 Å². The summed E-state index contributed by atoms with van der Waals surface area (Å²) in [6.45, 7) is 2.12. The second-order valence-corrected chi connectivity index (χ2v) is 3.34. The van der Waals surface area contributed by atoms with E-state index in [9.17, 15) is 5.11 Å². The molecule has 1 rings (SSSR count). The molecule has 1 aliphatic carbocycles. The van der Waals surface area contributed by atoms with Crippen LogP contribution >= 0.6 is 0 Å². The molecule has 0 aromatic carbocycles. The van der Waals surface area contributed by atoms with Crippen LogP contribution in [0.5, 0.6) is 0 Å². The van der Waals surface area contributed by atoms with Crippen molar-refractivity contribution >= 4 is 0 Å². The molecule has 10 heavy (non-hydrogen) atoms. The van der Waals surface area contributed by atoms with E-state index in [0.717, 1.165) is 12.8 Å².